The van der Waals surface area contributed by atoms with Crippen molar-refractivity contribution in [2.75, 3.05) is 14.2 Å². The van der Waals surface area contributed by atoms with E-state index in [-0.39, 0.29) is 11.6 Å². The molecule has 6 rings (SSSR count). The topological polar surface area (TPSA) is 84.1 Å². The van der Waals surface area contributed by atoms with Gasteiger partial charge in [0.1, 0.15) is 28.2 Å². The molecule has 1 saturated carbocycles. The van der Waals surface area contributed by atoms with E-state index < -0.39 is 0 Å². The summed E-state index contributed by atoms with van der Waals surface area (Å²) in [5.74, 6) is 1.97. The first kappa shape index (κ1) is 20.7. The number of benzene rings is 2. The van der Waals surface area contributed by atoms with Crippen molar-refractivity contribution in [3.05, 3.63) is 58.6 Å². The number of ether oxygens (including phenoxy) is 2. The highest BCUT2D eigenvalue weighted by molar-refractivity contribution is 6.05. The van der Waals surface area contributed by atoms with Gasteiger partial charge in [-0.1, -0.05) is 25.0 Å². The van der Waals surface area contributed by atoms with E-state index in [1.165, 1.54) is 0 Å². The van der Waals surface area contributed by atoms with Crippen molar-refractivity contribution in [1.82, 2.24) is 24.1 Å². The third-order valence-corrected chi connectivity index (χ3v) is 6.77. The van der Waals surface area contributed by atoms with E-state index in [0.29, 0.717) is 39.5 Å². The fourth-order valence-electron chi connectivity index (χ4n) is 5.17. The summed E-state index contributed by atoms with van der Waals surface area (Å²) >= 11 is 0. The first-order valence-corrected chi connectivity index (χ1v) is 11.5. The molecule has 0 atom stereocenters. The Morgan fingerprint density at radius 1 is 0.882 bits per heavy atom. The molecule has 0 saturated heterocycles. The molecule has 0 radical (unpaired) electrons. The molecule has 0 aliphatic heterocycles. The lowest BCUT2D eigenvalue weighted by Gasteiger charge is -2.17. The molecule has 8 nitrogen and oxygen atoms in total. The van der Waals surface area contributed by atoms with Crippen LogP contribution in [0, 0.1) is 6.92 Å². The third kappa shape index (κ3) is 3.05. The SMILES string of the molecule is COc1cc(OC)cc(-n2c3nc4ccccc4nc3c3c(=O)n(C4CCCC4)c(C)nc32)c1. The van der Waals surface area contributed by atoms with Crippen LogP contribution < -0.4 is 15.0 Å². The highest BCUT2D eigenvalue weighted by atomic mass is 16.5. The summed E-state index contributed by atoms with van der Waals surface area (Å²) < 4.78 is 14.8. The predicted molar refractivity (Wildman–Crippen MR) is 131 cm³/mol. The first-order chi connectivity index (χ1) is 16.6. The number of para-hydroxylation sites is 2. The van der Waals surface area contributed by atoms with E-state index in [1.807, 2.05) is 58.5 Å². The van der Waals surface area contributed by atoms with Crippen LogP contribution >= 0.6 is 0 Å². The van der Waals surface area contributed by atoms with Crippen LogP contribution in [-0.4, -0.2) is 38.3 Å². The average Bonchev–Trinajstić information content (AvgIpc) is 3.48. The fourth-order valence-corrected chi connectivity index (χ4v) is 5.17. The van der Waals surface area contributed by atoms with Gasteiger partial charge in [-0.15, -0.1) is 0 Å². The molecular formula is C26H25N5O3. The fraction of sp³-hybridized carbons (Fsp3) is 0.308. The first-order valence-electron chi connectivity index (χ1n) is 11.5. The number of rotatable bonds is 4. The highest BCUT2D eigenvalue weighted by Gasteiger charge is 2.26. The summed E-state index contributed by atoms with van der Waals surface area (Å²) in [6.07, 6.45) is 4.25. The second-order valence-electron chi connectivity index (χ2n) is 8.76. The van der Waals surface area contributed by atoms with E-state index in [2.05, 4.69) is 0 Å². The molecule has 1 aliphatic carbocycles. The summed E-state index contributed by atoms with van der Waals surface area (Å²) in [5.41, 5.74) is 3.85. The van der Waals surface area contributed by atoms with Crippen LogP contribution in [0.3, 0.4) is 0 Å². The molecule has 8 heteroatoms. The van der Waals surface area contributed by atoms with E-state index in [0.717, 1.165) is 42.4 Å². The second kappa shape index (κ2) is 7.83. The zero-order valence-electron chi connectivity index (χ0n) is 19.4. The van der Waals surface area contributed by atoms with Crippen LogP contribution in [0.15, 0.2) is 47.3 Å². The number of aromatic nitrogens is 5. The van der Waals surface area contributed by atoms with Gasteiger partial charge in [-0.2, -0.15) is 0 Å². The predicted octanol–water partition coefficient (Wildman–Crippen LogP) is 4.72. The minimum Gasteiger partial charge on any atom is -0.497 e. The van der Waals surface area contributed by atoms with Crippen LogP contribution in [0.25, 0.3) is 38.9 Å². The number of nitrogens with zero attached hydrogens (tertiary/aromatic N) is 5. The van der Waals surface area contributed by atoms with E-state index in [4.69, 9.17) is 24.4 Å². The molecule has 3 aromatic heterocycles. The zero-order chi connectivity index (χ0) is 23.4. The molecule has 1 aliphatic rings. The summed E-state index contributed by atoms with van der Waals surface area (Å²) in [6.45, 7) is 1.91. The Bertz CT molecular complexity index is 1610. The summed E-state index contributed by atoms with van der Waals surface area (Å²) in [7, 11) is 3.22. The lowest BCUT2D eigenvalue weighted by atomic mass is 10.2. The van der Waals surface area contributed by atoms with Gasteiger partial charge in [0.05, 0.1) is 30.9 Å². The van der Waals surface area contributed by atoms with Crippen LogP contribution in [0.4, 0.5) is 0 Å². The van der Waals surface area contributed by atoms with Crippen molar-refractivity contribution in [1.29, 1.82) is 0 Å². The van der Waals surface area contributed by atoms with Gasteiger partial charge in [0.2, 0.25) is 0 Å². The van der Waals surface area contributed by atoms with Gasteiger partial charge in [-0.05, 0) is 31.9 Å². The Morgan fingerprint density at radius 3 is 2.18 bits per heavy atom. The molecular weight excluding hydrogens is 430 g/mol. The maximum absolute atomic E-state index is 14.0. The molecule has 0 spiro atoms. The quantitative estimate of drug-likeness (QED) is 0.390. The number of hydrogen-bond donors (Lipinski definition) is 0. The van der Waals surface area contributed by atoms with Crippen molar-refractivity contribution in [2.24, 2.45) is 0 Å². The van der Waals surface area contributed by atoms with Gasteiger partial charge in [0, 0.05) is 24.2 Å². The molecule has 172 valence electrons. The number of aryl methyl sites for hydroxylation is 1. The van der Waals surface area contributed by atoms with E-state index in [1.54, 1.807) is 14.2 Å². The normalized spacial score (nSPS) is 14.4. The Hall–Kier alpha value is -3.94. The van der Waals surface area contributed by atoms with Gasteiger partial charge in [-0.25, -0.2) is 15.0 Å². The van der Waals surface area contributed by atoms with Crippen LogP contribution in [0.1, 0.15) is 37.5 Å². The highest BCUT2D eigenvalue weighted by Crippen LogP contribution is 2.34. The maximum Gasteiger partial charge on any atom is 0.265 e. The molecule has 5 aromatic rings. The summed E-state index contributed by atoms with van der Waals surface area (Å²) in [6, 6.07) is 13.4. The maximum atomic E-state index is 14.0. The third-order valence-electron chi connectivity index (χ3n) is 6.77. The van der Waals surface area contributed by atoms with Crippen LogP contribution in [0.5, 0.6) is 11.5 Å². The van der Waals surface area contributed by atoms with E-state index in [9.17, 15) is 4.79 Å². The average molecular weight is 456 g/mol. The summed E-state index contributed by atoms with van der Waals surface area (Å²) in [4.78, 5) is 28.8. The molecule has 0 bridgehead atoms. The van der Waals surface area contributed by atoms with Crippen molar-refractivity contribution in [3.8, 4) is 17.2 Å². The molecule has 0 N–H and O–H groups in total. The number of fused-ring (bicyclic) bond motifs is 4. The van der Waals surface area contributed by atoms with Crippen LogP contribution in [-0.2, 0) is 0 Å². The van der Waals surface area contributed by atoms with Gasteiger partial charge in [0.15, 0.2) is 11.3 Å². The molecule has 0 amide bonds. The van der Waals surface area contributed by atoms with Gasteiger partial charge >= 0.3 is 0 Å². The Morgan fingerprint density at radius 2 is 1.53 bits per heavy atom. The van der Waals surface area contributed by atoms with Gasteiger partial charge < -0.3 is 9.47 Å². The van der Waals surface area contributed by atoms with Gasteiger partial charge in [-0.3, -0.25) is 13.9 Å². The Labute approximate surface area is 195 Å². The smallest absolute Gasteiger partial charge is 0.265 e. The van der Waals surface area contributed by atoms with E-state index >= 15 is 0 Å². The molecule has 3 heterocycles. The standard InChI is InChI=1S/C26H25N5O3/c1-15-27-24-22(26(32)30(15)16-8-4-5-9-16)23-25(29-21-11-7-6-10-20(21)28-23)31(24)17-12-18(33-2)14-19(13-17)34-3/h6-7,10-14,16H,4-5,8-9H2,1-3H3. The minimum absolute atomic E-state index is 0.0578. The van der Waals surface area contributed by atoms with Crippen molar-refractivity contribution >= 4 is 33.2 Å². The van der Waals surface area contributed by atoms with Gasteiger partial charge in [0.25, 0.3) is 5.56 Å². The summed E-state index contributed by atoms with van der Waals surface area (Å²) in [5, 5.41) is 0.493. The molecule has 34 heavy (non-hydrogen) atoms. The Kier molecular flexibility index (Phi) is 4.76. The number of methoxy groups -OCH3 is 2. The number of hydrogen-bond acceptors (Lipinski definition) is 6. The molecule has 1 fully saturated rings. The lowest BCUT2D eigenvalue weighted by molar-refractivity contribution is 0.394. The monoisotopic (exact) mass is 455 g/mol. The minimum atomic E-state index is -0.0578. The Balaban J connectivity index is 1.78. The molecule has 2 aromatic carbocycles. The van der Waals surface area contributed by atoms with Crippen LogP contribution in [0.2, 0.25) is 0 Å². The largest absolute Gasteiger partial charge is 0.497 e. The van der Waals surface area contributed by atoms with Crippen molar-refractivity contribution in [2.45, 2.75) is 38.6 Å². The van der Waals surface area contributed by atoms with Crippen molar-refractivity contribution < 1.29 is 9.47 Å². The second-order valence-corrected chi connectivity index (χ2v) is 8.76. The lowest BCUT2D eigenvalue weighted by Crippen LogP contribution is -2.27. The van der Waals surface area contributed by atoms with Crippen molar-refractivity contribution in [3.63, 3.8) is 0 Å². The zero-order valence-corrected chi connectivity index (χ0v) is 19.4. The molecule has 0 unspecified atom stereocenters.